The molecule has 0 saturated heterocycles. The number of hydrogen-bond donors (Lipinski definition) is 1. The zero-order valence-corrected chi connectivity index (χ0v) is 8.11. The molecule has 0 spiro atoms. The normalized spacial score (nSPS) is 12.8. The summed E-state index contributed by atoms with van der Waals surface area (Å²) in [7, 11) is 0. The van der Waals surface area contributed by atoms with Gasteiger partial charge in [-0.05, 0) is 26.3 Å². The molecule has 1 aromatic rings. The Morgan fingerprint density at radius 3 is 2.77 bits per heavy atom. The van der Waals surface area contributed by atoms with Crippen molar-refractivity contribution in [2.75, 3.05) is 0 Å². The molecule has 0 amide bonds. The number of hydrogen-bond acceptors (Lipinski definition) is 2. The Morgan fingerprint density at radius 2 is 2.38 bits per heavy atom. The van der Waals surface area contributed by atoms with E-state index >= 15 is 0 Å². The molecule has 0 saturated carbocycles. The zero-order chi connectivity index (χ0) is 10.0. The van der Waals surface area contributed by atoms with Gasteiger partial charge in [0.1, 0.15) is 0 Å². The van der Waals surface area contributed by atoms with Gasteiger partial charge >= 0.3 is 5.97 Å². The molecule has 1 aromatic heterocycles. The van der Waals surface area contributed by atoms with Gasteiger partial charge in [0.05, 0.1) is 0 Å². The van der Waals surface area contributed by atoms with E-state index in [9.17, 15) is 4.79 Å². The number of aromatic carboxylic acids is 1. The zero-order valence-electron chi connectivity index (χ0n) is 8.11. The number of aryl methyl sites for hydroxylation is 1. The van der Waals surface area contributed by atoms with E-state index in [1.807, 2.05) is 20.8 Å². The molecular formula is C9H14N2O2. The maximum absolute atomic E-state index is 10.6. The number of carbonyl (C=O) groups is 1. The summed E-state index contributed by atoms with van der Waals surface area (Å²) in [5.74, 6) is -0.967. The lowest BCUT2D eigenvalue weighted by atomic mass is 10.2. The van der Waals surface area contributed by atoms with Crippen LogP contribution in [0, 0.1) is 6.92 Å². The van der Waals surface area contributed by atoms with E-state index in [4.69, 9.17) is 5.11 Å². The smallest absolute Gasteiger partial charge is 0.356 e. The maximum atomic E-state index is 10.6. The minimum Gasteiger partial charge on any atom is -0.476 e. The minimum absolute atomic E-state index is 0.123. The molecule has 72 valence electrons. The molecule has 0 bridgehead atoms. The molecule has 1 rings (SSSR count). The monoisotopic (exact) mass is 182 g/mol. The summed E-state index contributed by atoms with van der Waals surface area (Å²) in [4.78, 5) is 10.6. The second-order valence-corrected chi connectivity index (χ2v) is 3.18. The van der Waals surface area contributed by atoms with E-state index in [2.05, 4.69) is 5.10 Å². The third-order valence-electron chi connectivity index (χ3n) is 2.15. The van der Waals surface area contributed by atoms with Gasteiger partial charge in [-0.15, -0.1) is 0 Å². The Bertz CT molecular complexity index is 317. The van der Waals surface area contributed by atoms with Gasteiger partial charge in [-0.25, -0.2) is 4.79 Å². The van der Waals surface area contributed by atoms with Crippen molar-refractivity contribution in [2.45, 2.75) is 33.2 Å². The molecular weight excluding hydrogens is 168 g/mol. The molecule has 0 aliphatic heterocycles. The first kappa shape index (κ1) is 9.77. The largest absolute Gasteiger partial charge is 0.476 e. The molecule has 0 aliphatic carbocycles. The lowest BCUT2D eigenvalue weighted by Gasteiger charge is -2.10. The average molecular weight is 182 g/mol. The molecule has 13 heavy (non-hydrogen) atoms. The second kappa shape index (κ2) is 3.60. The van der Waals surface area contributed by atoms with Crippen molar-refractivity contribution in [3.8, 4) is 0 Å². The number of aromatic nitrogens is 2. The van der Waals surface area contributed by atoms with Crippen molar-refractivity contribution in [3.63, 3.8) is 0 Å². The van der Waals surface area contributed by atoms with Crippen LogP contribution >= 0.6 is 0 Å². The van der Waals surface area contributed by atoms with Crippen molar-refractivity contribution < 1.29 is 9.90 Å². The first-order chi connectivity index (χ1) is 6.06. The predicted molar refractivity (Wildman–Crippen MR) is 48.9 cm³/mol. The second-order valence-electron chi connectivity index (χ2n) is 3.18. The van der Waals surface area contributed by atoms with Crippen LogP contribution in [0.5, 0.6) is 0 Å². The van der Waals surface area contributed by atoms with Crippen LogP contribution in [0.1, 0.15) is 42.5 Å². The molecule has 0 unspecified atom stereocenters. The van der Waals surface area contributed by atoms with Crippen LogP contribution in [0.3, 0.4) is 0 Å². The summed E-state index contributed by atoms with van der Waals surface area (Å²) < 4.78 is 1.75. The summed E-state index contributed by atoms with van der Waals surface area (Å²) in [5, 5.41) is 12.7. The summed E-state index contributed by atoms with van der Waals surface area (Å²) in [6.45, 7) is 5.93. The van der Waals surface area contributed by atoms with Crippen LogP contribution in [0.15, 0.2) is 6.07 Å². The van der Waals surface area contributed by atoms with Crippen LogP contribution in [-0.2, 0) is 0 Å². The van der Waals surface area contributed by atoms with E-state index < -0.39 is 5.97 Å². The highest BCUT2D eigenvalue weighted by Crippen LogP contribution is 2.13. The van der Waals surface area contributed by atoms with Crippen molar-refractivity contribution in [1.29, 1.82) is 0 Å². The van der Waals surface area contributed by atoms with Gasteiger partial charge in [-0.3, -0.25) is 4.68 Å². The summed E-state index contributed by atoms with van der Waals surface area (Å²) in [5.41, 5.74) is 1.02. The van der Waals surface area contributed by atoms with Crippen LogP contribution in [0.4, 0.5) is 0 Å². The molecule has 1 atom stereocenters. The number of carboxylic acid groups (broad SMARTS) is 1. The number of nitrogens with zero attached hydrogens (tertiary/aromatic N) is 2. The minimum atomic E-state index is -0.967. The Balaban J connectivity index is 3.02. The molecule has 4 nitrogen and oxygen atoms in total. The molecule has 0 fully saturated rings. The van der Waals surface area contributed by atoms with Gasteiger partial charge < -0.3 is 5.11 Å². The van der Waals surface area contributed by atoms with Crippen LogP contribution < -0.4 is 0 Å². The van der Waals surface area contributed by atoms with E-state index in [0.29, 0.717) is 0 Å². The fraction of sp³-hybridized carbons (Fsp3) is 0.556. The molecule has 1 heterocycles. The van der Waals surface area contributed by atoms with E-state index in [0.717, 1.165) is 12.1 Å². The Morgan fingerprint density at radius 1 is 1.77 bits per heavy atom. The number of rotatable bonds is 3. The standard InChI is InChI=1S/C9H14N2O2/c1-4-6(2)11-7(3)5-8(10-11)9(12)13/h5-6H,4H2,1-3H3,(H,12,13)/t6-/m1/s1. The Labute approximate surface area is 77.2 Å². The number of carboxylic acids is 1. The Hall–Kier alpha value is -1.32. The van der Waals surface area contributed by atoms with Crippen LogP contribution in [-0.4, -0.2) is 20.9 Å². The van der Waals surface area contributed by atoms with Gasteiger partial charge in [0.15, 0.2) is 5.69 Å². The van der Waals surface area contributed by atoms with Crippen molar-refractivity contribution in [1.82, 2.24) is 9.78 Å². The fourth-order valence-corrected chi connectivity index (χ4v) is 1.21. The van der Waals surface area contributed by atoms with Crippen molar-refractivity contribution in [2.24, 2.45) is 0 Å². The highest BCUT2D eigenvalue weighted by atomic mass is 16.4. The van der Waals surface area contributed by atoms with Crippen LogP contribution in [0.25, 0.3) is 0 Å². The molecule has 1 N–H and O–H groups in total. The van der Waals surface area contributed by atoms with Gasteiger partial charge in [-0.2, -0.15) is 5.10 Å². The van der Waals surface area contributed by atoms with E-state index in [-0.39, 0.29) is 11.7 Å². The average Bonchev–Trinajstić information content (AvgIpc) is 2.46. The fourth-order valence-electron chi connectivity index (χ4n) is 1.21. The summed E-state index contributed by atoms with van der Waals surface area (Å²) in [6.07, 6.45) is 0.946. The first-order valence-electron chi connectivity index (χ1n) is 4.35. The quantitative estimate of drug-likeness (QED) is 0.776. The highest BCUT2D eigenvalue weighted by Gasteiger charge is 2.12. The molecule has 0 aromatic carbocycles. The highest BCUT2D eigenvalue weighted by molar-refractivity contribution is 5.85. The summed E-state index contributed by atoms with van der Waals surface area (Å²) in [6, 6.07) is 1.85. The van der Waals surface area contributed by atoms with Gasteiger partial charge in [0, 0.05) is 11.7 Å². The first-order valence-corrected chi connectivity index (χ1v) is 4.35. The topological polar surface area (TPSA) is 55.1 Å². The third kappa shape index (κ3) is 1.88. The van der Waals surface area contributed by atoms with Gasteiger partial charge in [0.25, 0.3) is 0 Å². The predicted octanol–water partition coefficient (Wildman–Crippen LogP) is 1.86. The SMILES string of the molecule is CC[C@@H](C)n1nc(C(=O)O)cc1C. The summed E-state index contributed by atoms with van der Waals surface area (Å²) >= 11 is 0. The van der Waals surface area contributed by atoms with Gasteiger partial charge in [-0.1, -0.05) is 6.92 Å². The maximum Gasteiger partial charge on any atom is 0.356 e. The van der Waals surface area contributed by atoms with E-state index in [1.165, 1.54) is 0 Å². The van der Waals surface area contributed by atoms with Gasteiger partial charge in [0.2, 0.25) is 0 Å². The van der Waals surface area contributed by atoms with Crippen molar-refractivity contribution in [3.05, 3.63) is 17.5 Å². The van der Waals surface area contributed by atoms with Crippen LogP contribution in [0.2, 0.25) is 0 Å². The third-order valence-corrected chi connectivity index (χ3v) is 2.15. The lowest BCUT2D eigenvalue weighted by molar-refractivity contribution is 0.0689. The van der Waals surface area contributed by atoms with Crippen molar-refractivity contribution >= 4 is 5.97 Å². The van der Waals surface area contributed by atoms with E-state index in [1.54, 1.807) is 10.7 Å². The molecule has 0 radical (unpaired) electrons. The molecule has 4 heteroatoms. The molecule has 0 aliphatic rings. The Kier molecular flexibility index (Phi) is 2.70. The lowest BCUT2D eigenvalue weighted by Crippen LogP contribution is -2.08.